The molecule has 1 amide bonds. The van der Waals surface area contributed by atoms with E-state index in [0.29, 0.717) is 12.8 Å². The Morgan fingerprint density at radius 3 is 2.92 bits per heavy atom. The fraction of sp³-hybridized carbons (Fsp3) is 0.450. The smallest absolute Gasteiger partial charge is 0.222 e. The van der Waals surface area contributed by atoms with Crippen LogP contribution in [0.4, 0.5) is 0 Å². The Morgan fingerprint density at radius 2 is 2.15 bits per heavy atom. The number of carbonyl (C=O) groups excluding carboxylic acids is 1. The van der Waals surface area contributed by atoms with Gasteiger partial charge >= 0.3 is 0 Å². The average Bonchev–Trinajstić information content (AvgIpc) is 3.24. The van der Waals surface area contributed by atoms with Crippen LogP contribution in [-0.2, 0) is 11.2 Å². The first kappa shape index (κ1) is 16.8. The molecule has 6 heteroatoms. The predicted octanol–water partition coefficient (Wildman–Crippen LogP) is 3.24. The number of hydrogen-bond acceptors (Lipinski definition) is 3. The molecule has 1 saturated heterocycles. The van der Waals surface area contributed by atoms with E-state index in [4.69, 9.17) is 4.98 Å². The monoisotopic (exact) mass is 351 g/mol. The minimum absolute atomic E-state index is 0.214. The summed E-state index contributed by atoms with van der Waals surface area (Å²) < 4.78 is 0. The number of imidazole rings is 1. The van der Waals surface area contributed by atoms with Gasteiger partial charge in [-0.3, -0.25) is 9.89 Å². The van der Waals surface area contributed by atoms with E-state index in [-0.39, 0.29) is 11.8 Å². The Kier molecular flexibility index (Phi) is 4.49. The molecule has 0 bridgehead atoms. The van der Waals surface area contributed by atoms with Gasteiger partial charge in [-0.1, -0.05) is 12.1 Å². The zero-order valence-electron chi connectivity index (χ0n) is 15.4. The summed E-state index contributed by atoms with van der Waals surface area (Å²) in [6, 6.07) is 8.09. The number of likely N-dealkylation sites (tertiary alicyclic amines) is 1. The third-order valence-electron chi connectivity index (χ3n) is 5.50. The third kappa shape index (κ3) is 3.23. The molecule has 0 saturated carbocycles. The van der Waals surface area contributed by atoms with Crippen molar-refractivity contribution in [3.05, 3.63) is 47.0 Å². The molecule has 26 heavy (non-hydrogen) atoms. The Morgan fingerprint density at radius 1 is 1.31 bits per heavy atom. The summed E-state index contributed by atoms with van der Waals surface area (Å²) >= 11 is 0. The van der Waals surface area contributed by atoms with Crippen molar-refractivity contribution < 1.29 is 4.79 Å². The van der Waals surface area contributed by atoms with E-state index in [9.17, 15) is 4.79 Å². The van der Waals surface area contributed by atoms with Crippen molar-refractivity contribution in [2.75, 3.05) is 13.1 Å². The first-order valence-corrected chi connectivity index (χ1v) is 9.34. The molecule has 3 heterocycles. The van der Waals surface area contributed by atoms with E-state index in [1.54, 1.807) is 0 Å². The van der Waals surface area contributed by atoms with Crippen molar-refractivity contribution in [3.8, 4) is 0 Å². The summed E-state index contributed by atoms with van der Waals surface area (Å²) in [5.41, 5.74) is 5.30. The number of nitrogens with zero attached hydrogens (tertiary/aromatic N) is 3. The molecule has 1 aromatic carbocycles. The van der Waals surface area contributed by atoms with Gasteiger partial charge in [-0.25, -0.2) is 4.98 Å². The molecule has 0 aliphatic carbocycles. The van der Waals surface area contributed by atoms with Crippen LogP contribution in [0.15, 0.2) is 24.3 Å². The highest BCUT2D eigenvalue weighted by Gasteiger charge is 2.26. The normalized spacial score (nSPS) is 17.8. The molecule has 3 aromatic rings. The number of piperidine rings is 1. The number of hydrogen-bond donors (Lipinski definition) is 2. The summed E-state index contributed by atoms with van der Waals surface area (Å²) in [6.45, 7) is 5.65. The van der Waals surface area contributed by atoms with Gasteiger partial charge in [-0.15, -0.1) is 0 Å². The number of aromatic nitrogens is 4. The molecule has 1 atom stereocenters. The molecule has 1 aliphatic heterocycles. The van der Waals surface area contributed by atoms with Crippen LogP contribution < -0.4 is 0 Å². The fourth-order valence-corrected chi connectivity index (χ4v) is 3.76. The highest BCUT2D eigenvalue weighted by Crippen LogP contribution is 2.27. The Balaban J connectivity index is 1.41. The first-order chi connectivity index (χ1) is 12.6. The highest BCUT2D eigenvalue weighted by atomic mass is 16.2. The van der Waals surface area contributed by atoms with Crippen molar-refractivity contribution in [2.24, 2.45) is 0 Å². The van der Waals surface area contributed by atoms with Gasteiger partial charge in [0.05, 0.1) is 16.7 Å². The highest BCUT2D eigenvalue weighted by molar-refractivity contribution is 5.77. The second kappa shape index (κ2) is 6.94. The quantitative estimate of drug-likeness (QED) is 0.757. The Bertz CT molecular complexity index is 892. The number of benzene rings is 1. The molecule has 6 nitrogen and oxygen atoms in total. The van der Waals surface area contributed by atoms with Gasteiger partial charge in [0.25, 0.3) is 0 Å². The Labute approximate surface area is 153 Å². The summed E-state index contributed by atoms with van der Waals surface area (Å²) in [5, 5.41) is 7.30. The number of aryl methyl sites for hydroxylation is 2. The van der Waals surface area contributed by atoms with Gasteiger partial charge in [-0.05, 0) is 44.4 Å². The minimum Gasteiger partial charge on any atom is -0.342 e. The summed E-state index contributed by atoms with van der Waals surface area (Å²) in [6.07, 6.45) is 3.30. The van der Waals surface area contributed by atoms with Crippen LogP contribution in [0.1, 0.15) is 48.0 Å². The van der Waals surface area contributed by atoms with E-state index in [1.165, 1.54) is 0 Å². The van der Waals surface area contributed by atoms with E-state index in [0.717, 1.165) is 59.7 Å². The number of nitrogens with one attached hydrogen (secondary N) is 2. The average molecular weight is 351 g/mol. The summed E-state index contributed by atoms with van der Waals surface area (Å²) in [4.78, 5) is 22.9. The van der Waals surface area contributed by atoms with Crippen LogP contribution in [0.2, 0.25) is 0 Å². The van der Waals surface area contributed by atoms with Crippen molar-refractivity contribution in [1.82, 2.24) is 25.1 Å². The van der Waals surface area contributed by atoms with E-state index in [2.05, 4.69) is 22.1 Å². The zero-order chi connectivity index (χ0) is 18.1. The van der Waals surface area contributed by atoms with Gasteiger partial charge in [0.2, 0.25) is 5.91 Å². The van der Waals surface area contributed by atoms with Crippen molar-refractivity contribution in [3.63, 3.8) is 0 Å². The molecule has 0 radical (unpaired) electrons. The maximum atomic E-state index is 12.7. The van der Waals surface area contributed by atoms with E-state index in [1.807, 2.05) is 36.1 Å². The Hall–Kier alpha value is -2.63. The topological polar surface area (TPSA) is 77.7 Å². The summed E-state index contributed by atoms with van der Waals surface area (Å²) in [5.74, 6) is 1.50. The maximum Gasteiger partial charge on any atom is 0.222 e. The lowest BCUT2D eigenvalue weighted by molar-refractivity contribution is -0.132. The SMILES string of the molecule is Cc1[nH]nc(CCC(=O)N2CCC[C@H](c3nc4ccccc4[nH]3)C2)c1C. The molecule has 1 fully saturated rings. The van der Waals surface area contributed by atoms with Gasteiger partial charge in [0, 0.05) is 37.5 Å². The van der Waals surface area contributed by atoms with Crippen LogP contribution in [0.25, 0.3) is 11.0 Å². The molecular weight excluding hydrogens is 326 g/mol. The van der Waals surface area contributed by atoms with Gasteiger partial charge in [-0.2, -0.15) is 5.10 Å². The zero-order valence-corrected chi connectivity index (χ0v) is 15.4. The van der Waals surface area contributed by atoms with Crippen LogP contribution in [-0.4, -0.2) is 44.1 Å². The molecule has 136 valence electrons. The number of fused-ring (bicyclic) bond motifs is 1. The maximum absolute atomic E-state index is 12.7. The first-order valence-electron chi connectivity index (χ1n) is 9.34. The lowest BCUT2D eigenvalue weighted by atomic mass is 9.97. The van der Waals surface area contributed by atoms with E-state index < -0.39 is 0 Å². The van der Waals surface area contributed by atoms with Crippen LogP contribution in [0.3, 0.4) is 0 Å². The van der Waals surface area contributed by atoms with E-state index >= 15 is 0 Å². The molecule has 1 aliphatic rings. The van der Waals surface area contributed by atoms with Crippen molar-refractivity contribution in [2.45, 2.75) is 45.4 Å². The molecular formula is C20H25N5O. The molecule has 2 N–H and O–H groups in total. The number of carbonyl (C=O) groups is 1. The van der Waals surface area contributed by atoms with Crippen LogP contribution in [0, 0.1) is 13.8 Å². The lowest BCUT2D eigenvalue weighted by Gasteiger charge is -2.32. The number of para-hydroxylation sites is 2. The largest absolute Gasteiger partial charge is 0.342 e. The summed E-state index contributed by atoms with van der Waals surface area (Å²) in [7, 11) is 0. The van der Waals surface area contributed by atoms with Crippen LogP contribution >= 0.6 is 0 Å². The predicted molar refractivity (Wildman–Crippen MR) is 101 cm³/mol. The number of amides is 1. The van der Waals surface area contributed by atoms with Gasteiger partial charge in [0.1, 0.15) is 5.82 Å². The molecule has 2 aromatic heterocycles. The minimum atomic E-state index is 0.214. The number of aromatic amines is 2. The number of H-pyrrole nitrogens is 2. The van der Waals surface area contributed by atoms with Gasteiger partial charge in [0.15, 0.2) is 0 Å². The standard InChI is InChI=1S/C20H25N5O/c1-13-14(2)23-24-16(13)9-10-19(26)25-11-5-6-15(12-25)20-21-17-7-3-4-8-18(17)22-20/h3-4,7-8,15H,5-6,9-12H2,1-2H3,(H,21,22)(H,23,24)/t15-/m0/s1. The molecule has 0 spiro atoms. The van der Waals surface area contributed by atoms with Crippen molar-refractivity contribution in [1.29, 1.82) is 0 Å². The molecule has 0 unspecified atom stereocenters. The lowest BCUT2D eigenvalue weighted by Crippen LogP contribution is -2.39. The van der Waals surface area contributed by atoms with Gasteiger partial charge < -0.3 is 9.88 Å². The van der Waals surface area contributed by atoms with Crippen LogP contribution in [0.5, 0.6) is 0 Å². The fourth-order valence-electron chi connectivity index (χ4n) is 3.76. The molecule has 4 rings (SSSR count). The second-order valence-corrected chi connectivity index (χ2v) is 7.24. The third-order valence-corrected chi connectivity index (χ3v) is 5.50. The number of rotatable bonds is 4. The second-order valence-electron chi connectivity index (χ2n) is 7.24. The van der Waals surface area contributed by atoms with Crippen molar-refractivity contribution >= 4 is 16.9 Å².